The molecule has 1 heterocycles. The Labute approximate surface area is 50.5 Å². The Morgan fingerprint density at radius 1 is 1.89 bits per heavy atom. The van der Waals surface area contributed by atoms with E-state index in [9.17, 15) is 0 Å². The Morgan fingerprint density at radius 2 is 2.78 bits per heavy atom. The predicted octanol–water partition coefficient (Wildman–Crippen LogP) is 1.05. The van der Waals surface area contributed by atoms with Crippen LogP contribution in [0, 0.1) is 0 Å². The van der Waals surface area contributed by atoms with E-state index in [0.717, 1.165) is 0 Å². The number of anilines is 1. The zero-order valence-electron chi connectivity index (χ0n) is 4.44. The summed E-state index contributed by atoms with van der Waals surface area (Å²) in [6.07, 6.45) is 1.55. The van der Waals surface area contributed by atoms with Crippen molar-refractivity contribution in [2.24, 2.45) is 5.22 Å². The fraction of sp³-hybridized carbons (Fsp3) is 0. The van der Waals surface area contributed by atoms with Crippen molar-refractivity contribution in [2.45, 2.75) is 0 Å². The van der Waals surface area contributed by atoms with Crippen LogP contribution in [0.15, 0.2) is 17.5 Å². The molecule has 6 heteroatoms. The van der Waals surface area contributed by atoms with Crippen LogP contribution in [-0.2, 0) is 0 Å². The van der Waals surface area contributed by atoms with E-state index in [1.54, 1.807) is 12.3 Å². The number of aromatic amines is 1. The van der Waals surface area contributed by atoms with Crippen LogP contribution < -0.4 is 5.43 Å². The van der Waals surface area contributed by atoms with Crippen LogP contribution >= 0.6 is 0 Å². The zero-order valence-corrected chi connectivity index (χ0v) is 4.44. The molecular formula is C3H4N6. The summed E-state index contributed by atoms with van der Waals surface area (Å²) in [5.41, 5.74) is 10.2. The van der Waals surface area contributed by atoms with Crippen molar-refractivity contribution in [1.82, 2.24) is 10.2 Å². The third-order valence-electron chi connectivity index (χ3n) is 0.716. The van der Waals surface area contributed by atoms with Crippen LogP contribution in [0.2, 0.25) is 0 Å². The maximum absolute atomic E-state index is 7.83. The number of nitrogens with one attached hydrogen (secondary N) is 2. The van der Waals surface area contributed by atoms with Crippen molar-refractivity contribution in [1.29, 1.82) is 0 Å². The van der Waals surface area contributed by atoms with E-state index in [-0.39, 0.29) is 0 Å². The van der Waals surface area contributed by atoms with Gasteiger partial charge < -0.3 is 0 Å². The van der Waals surface area contributed by atoms with Crippen LogP contribution in [0.25, 0.3) is 10.4 Å². The lowest BCUT2D eigenvalue weighted by Gasteiger charge is -1.82. The molecule has 1 aromatic rings. The lowest BCUT2D eigenvalue weighted by molar-refractivity contribution is 1.07. The summed E-state index contributed by atoms with van der Waals surface area (Å²) in [5, 5.41) is 9.22. The number of aromatic nitrogens is 2. The molecule has 0 fully saturated rings. The van der Waals surface area contributed by atoms with E-state index < -0.39 is 0 Å². The van der Waals surface area contributed by atoms with Gasteiger partial charge in [0.25, 0.3) is 0 Å². The van der Waals surface area contributed by atoms with E-state index in [4.69, 9.17) is 5.53 Å². The minimum Gasteiger partial charge on any atom is -0.243 e. The first-order valence-electron chi connectivity index (χ1n) is 2.23. The molecule has 1 aromatic heterocycles. The number of hydrogen-bond acceptors (Lipinski definition) is 2. The first kappa shape index (κ1) is 5.46. The van der Waals surface area contributed by atoms with Crippen molar-refractivity contribution >= 4 is 5.82 Å². The summed E-state index contributed by atoms with van der Waals surface area (Å²) in [6, 6.07) is 1.65. The van der Waals surface area contributed by atoms with E-state index in [1.807, 2.05) is 0 Å². The van der Waals surface area contributed by atoms with E-state index >= 15 is 0 Å². The molecule has 0 saturated heterocycles. The molecule has 0 saturated carbocycles. The Kier molecular flexibility index (Phi) is 1.57. The normalized spacial score (nSPS) is 8.00. The van der Waals surface area contributed by atoms with Gasteiger partial charge in [0.05, 0.1) is 6.20 Å². The lowest BCUT2D eigenvalue weighted by atomic mass is 10.7. The van der Waals surface area contributed by atoms with Gasteiger partial charge in [-0.3, -0.25) is 0 Å². The Balaban J connectivity index is 2.57. The minimum absolute atomic E-state index is 0.577. The topological polar surface area (TPSA) is 89.5 Å². The third kappa shape index (κ3) is 1.36. The molecule has 0 spiro atoms. The number of hydrogen-bond donors (Lipinski definition) is 2. The van der Waals surface area contributed by atoms with Crippen molar-refractivity contribution in [2.75, 3.05) is 5.43 Å². The lowest BCUT2D eigenvalue weighted by Crippen LogP contribution is -1.83. The second-order valence-electron chi connectivity index (χ2n) is 1.27. The van der Waals surface area contributed by atoms with E-state index in [0.29, 0.717) is 5.82 Å². The monoisotopic (exact) mass is 124 g/mol. The van der Waals surface area contributed by atoms with Gasteiger partial charge in [-0.05, 0) is 5.22 Å². The van der Waals surface area contributed by atoms with Gasteiger partial charge in [0.1, 0.15) is 0 Å². The summed E-state index contributed by atoms with van der Waals surface area (Å²) in [4.78, 5) is 2.48. The maximum Gasteiger partial charge on any atom is 0.217 e. The highest BCUT2D eigenvalue weighted by atomic mass is 15.4. The fourth-order valence-corrected chi connectivity index (χ4v) is 0.394. The molecule has 0 bridgehead atoms. The molecule has 2 N–H and O–H groups in total. The molecule has 1 rings (SSSR count). The number of H-pyrrole nitrogens is 1. The van der Waals surface area contributed by atoms with Gasteiger partial charge in [-0.2, -0.15) is 10.0 Å². The summed E-state index contributed by atoms with van der Waals surface area (Å²) < 4.78 is 0. The molecule has 0 amide bonds. The van der Waals surface area contributed by atoms with E-state index in [1.165, 1.54) is 0 Å². The van der Waals surface area contributed by atoms with Crippen LogP contribution in [0.1, 0.15) is 0 Å². The fourth-order valence-electron chi connectivity index (χ4n) is 0.394. The summed E-state index contributed by atoms with van der Waals surface area (Å²) in [7, 11) is 0. The van der Waals surface area contributed by atoms with Crippen molar-refractivity contribution in [3.63, 3.8) is 0 Å². The smallest absolute Gasteiger partial charge is 0.217 e. The van der Waals surface area contributed by atoms with Gasteiger partial charge in [-0.15, -0.1) is 5.53 Å². The molecule has 9 heavy (non-hydrogen) atoms. The van der Waals surface area contributed by atoms with Gasteiger partial charge in [-0.25, -0.2) is 10.5 Å². The molecule has 0 atom stereocenters. The molecule has 6 nitrogen and oxygen atoms in total. The molecule has 0 aliphatic heterocycles. The molecule has 0 unspecified atom stereocenters. The molecule has 0 aliphatic carbocycles. The van der Waals surface area contributed by atoms with Crippen molar-refractivity contribution in [3.8, 4) is 0 Å². The highest BCUT2D eigenvalue weighted by Gasteiger charge is 1.88. The Morgan fingerprint density at radius 3 is 3.33 bits per heavy atom. The van der Waals surface area contributed by atoms with Gasteiger partial charge in [0, 0.05) is 6.07 Å². The second kappa shape index (κ2) is 2.58. The van der Waals surface area contributed by atoms with Crippen LogP contribution in [0.5, 0.6) is 0 Å². The van der Waals surface area contributed by atoms with Gasteiger partial charge >= 0.3 is 0 Å². The average molecular weight is 124 g/mol. The summed E-state index contributed by atoms with van der Waals surface area (Å²) in [5.74, 6) is 0.577. The highest BCUT2D eigenvalue weighted by molar-refractivity contribution is 5.29. The van der Waals surface area contributed by atoms with Gasteiger partial charge in [-0.1, -0.05) is 0 Å². The van der Waals surface area contributed by atoms with Crippen molar-refractivity contribution in [3.05, 3.63) is 22.7 Å². The average Bonchev–Trinajstić information content (AvgIpc) is 2.34. The molecule has 0 aromatic carbocycles. The van der Waals surface area contributed by atoms with Gasteiger partial charge in [0.15, 0.2) is 0 Å². The SMILES string of the molecule is [N-]=[N+]=NNc1ccn[nH]1. The molecule has 0 aliphatic rings. The van der Waals surface area contributed by atoms with Crippen LogP contribution in [-0.4, -0.2) is 10.2 Å². The quantitative estimate of drug-likeness (QED) is 0.267. The third-order valence-corrected chi connectivity index (χ3v) is 0.716. The zero-order chi connectivity index (χ0) is 6.53. The Hall–Kier alpha value is -1.68. The molecular weight excluding hydrogens is 120 g/mol. The Bertz CT molecular complexity index is 206. The summed E-state index contributed by atoms with van der Waals surface area (Å²) >= 11 is 0. The number of nitrogens with zero attached hydrogens (tertiary/aromatic N) is 4. The van der Waals surface area contributed by atoms with Crippen LogP contribution in [0.3, 0.4) is 0 Å². The first-order valence-corrected chi connectivity index (χ1v) is 2.23. The van der Waals surface area contributed by atoms with Crippen molar-refractivity contribution < 1.29 is 0 Å². The van der Waals surface area contributed by atoms with E-state index in [2.05, 4.69) is 25.8 Å². The maximum atomic E-state index is 7.83. The first-order chi connectivity index (χ1) is 4.43. The summed E-state index contributed by atoms with van der Waals surface area (Å²) in [6.45, 7) is 0. The molecule has 0 radical (unpaired) electrons. The van der Waals surface area contributed by atoms with Crippen LogP contribution in [0.4, 0.5) is 5.82 Å². The number of azide groups is 1. The predicted molar refractivity (Wildman–Crippen MR) is 31.4 cm³/mol. The van der Waals surface area contributed by atoms with Gasteiger partial charge in [0.2, 0.25) is 5.82 Å². The second-order valence-corrected chi connectivity index (χ2v) is 1.27. The highest BCUT2D eigenvalue weighted by Crippen LogP contribution is 1.96. The minimum atomic E-state index is 0.577. The number of rotatable bonds is 2. The standard InChI is InChI=1S/C3H4N6/c4-8-9-7-3-1-2-5-6-3/h1-2H,(H2,5,6,7). The largest absolute Gasteiger partial charge is 0.243 e. The molecule has 46 valence electrons.